The average molecular weight is 351 g/mol. The number of likely N-dealkylation sites (tertiary alicyclic amines) is 1. The van der Waals surface area contributed by atoms with Gasteiger partial charge in [0.25, 0.3) is 5.91 Å². The van der Waals surface area contributed by atoms with Crippen LogP contribution in [-0.2, 0) is 0 Å². The number of hydrogen-bond donors (Lipinski definition) is 1. The monoisotopic (exact) mass is 351 g/mol. The zero-order valence-corrected chi connectivity index (χ0v) is 16.2. The lowest BCUT2D eigenvalue weighted by molar-refractivity contribution is 0.0691. The van der Waals surface area contributed by atoms with Crippen molar-refractivity contribution in [2.75, 3.05) is 18.4 Å². The quantitative estimate of drug-likeness (QED) is 0.830. The molecule has 4 heteroatoms. The van der Waals surface area contributed by atoms with Crippen molar-refractivity contribution >= 4 is 17.3 Å². The maximum Gasteiger partial charge on any atom is 0.272 e. The van der Waals surface area contributed by atoms with Crippen molar-refractivity contribution < 1.29 is 4.79 Å². The minimum absolute atomic E-state index is 0.0437. The van der Waals surface area contributed by atoms with Gasteiger partial charge in [-0.2, -0.15) is 0 Å². The van der Waals surface area contributed by atoms with E-state index in [-0.39, 0.29) is 5.91 Å². The van der Waals surface area contributed by atoms with Crippen LogP contribution in [0.1, 0.15) is 61.1 Å². The van der Waals surface area contributed by atoms with E-state index in [2.05, 4.69) is 56.2 Å². The summed E-state index contributed by atoms with van der Waals surface area (Å²) in [7, 11) is 0. The standard InChI is InChI=1S/C22H29N3O/c1-15(2)19-7-5-6-17(4)21(19)24-18-8-9-20(23-14-18)22(26)25-12-10-16(3)11-13-25/h5-9,14-16,24H,10-13H2,1-4H3. The van der Waals surface area contributed by atoms with Crippen LogP contribution in [0, 0.1) is 12.8 Å². The summed E-state index contributed by atoms with van der Waals surface area (Å²) >= 11 is 0. The zero-order valence-electron chi connectivity index (χ0n) is 16.2. The van der Waals surface area contributed by atoms with Gasteiger partial charge in [-0.25, -0.2) is 4.98 Å². The van der Waals surface area contributed by atoms with Crippen LogP contribution in [0.4, 0.5) is 11.4 Å². The van der Waals surface area contributed by atoms with E-state index < -0.39 is 0 Å². The SMILES string of the molecule is Cc1cccc(C(C)C)c1Nc1ccc(C(=O)N2CCC(C)CC2)nc1. The molecule has 4 nitrogen and oxygen atoms in total. The van der Waals surface area contributed by atoms with Crippen molar-refractivity contribution in [2.45, 2.75) is 46.5 Å². The molecule has 138 valence electrons. The number of aromatic nitrogens is 1. The Morgan fingerprint density at radius 2 is 1.92 bits per heavy atom. The number of para-hydroxylation sites is 1. The highest BCUT2D eigenvalue weighted by Crippen LogP contribution is 2.30. The molecule has 0 spiro atoms. The lowest BCUT2D eigenvalue weighted by Gasteiger charge is -2.30. The minimum Gasteiger partial charge on any atom is -0.354 e. The van der Waals surface area contributed by atoms with Crippen LogP contribution in [0.25, 0.3) is 0 Å². The molecule has 2 aromatic rings. The van der Waals surface area contributed by atoms with Crippen LogP contribution in [-0.4, -0.2) is 28.9 Å². The van der Waals surface area contributed by atoms with Gasteiger partial charge in [0, 0.05) is 18.8 Å². The van der Waals surface area contributed by atoms with Gasteiger partial charge in [-0.05, 0) is 54.9 Å². The fourth-order valence-electron chi connectivity index (χ4n) is 3.45. The Morgan fingerprint density at radius 3 is 2.54 bits per heavy atom. The lowest BCUT2D eigenvalue weighted by Crippen LogP contribution is -2.38. The summed E-state index contributed by atoms with van der Waals surface area (Å²) in [4.78, 5) is 19.0. The molecule has 1 amide bonds. The summed E-state index contributed by atoms with van der Waals surface area (Å²) in [5.41, 5.74) is 5.06. The second kappa shape index (κ2) is 7.90. The molecule has 0 bridgehead atoms. The highest BCUT2D eigenvalue weighted by molar-refractivity contribution is 5.92. The van der Waals surface area contributed by atoms with E-state index in [1.54, 1.807) is 6.20 Å². The molecule has 1 aliphatic heterocycles. The van der Waals surface area contributed by atoms with Crippen molar-refractivity contribution in [3.63, 3.8) is 0 Å². The Labute approximate surface area is 156 Å². The molecule has 0 saturated carbocycles. The van der Waals surface area contributed by atoms with E-state index in [1.165, 1.54) is 11.1 Å². The largest absolute Gasteiger partial charge is 0.354 e. The molecule has 0 unspecified atom stereocenters. The van der Waals surface area contributed by atoms with E-state index in [9.17, 15) is 4.79 Å². The van der Waals surface area contributed by atoms with E-state index in [0.29, 0.717) is 17.5 Å². The maximum absolute atomic E-state index is 12.6. The number of hydrogen-bond acceptors (Lipinski definition) is 3. The number of nitrogens with one attached hydrogen (secondary N) is 1. The van der Waals surface area contributed by atoms with Gasteiger partial charge in [-0.3, -0.25) is 4.79 Å². The molecule has 1 aromatic heterocycles. The molecule has 1 saturated heterocycles. The molecule has 26 heavy (non-hydrogen) atoms. The first-order valence-electron chi connectivity index (χ1n) is 9.57. The molecule has 2 heterocycles. The van der Waals surface area contributed by atoms with Gasteiger partial charge in [0.1, 0.15) is 5.69 Å². The molecule has 0 aliphatic carbocycles. The predicted octanol–water partition coefficient (Wildman–Crippen LogP) is 5.13. The topological polar surface area (TPSA) is 45.2 Å². The van der Waals surface area contributed by atoms with Gasteiger partial charge >= 0.3 is 0 Å². The van der Waals surface area contributed by atoms with Gasteiger partial charge < -0.3 is 10.2 Å². The summed E-state index contributed by atoms with van der Waals surface area (Å²) < 4.78 is 0. The number of pyridine rings is 1. The predicted molar refractivity (Wildman–Crippen MR) is 107 cm³/mol. The van der Waals surface area contributed by atoms with Crippen LogP contribution in [0.5, 0.6) is 0 Å². The lowest BCUT2D eigenvalue weighted by atomic mass is 9.98. The Bertz CT molecular complexity index is 759. The number of nitrogens with zero attached hydrogens (tertiary/aromatic N) is 2. The molecule has 0 atom stereocenters. The molecule has 1 fully saturated rings. The first-order chi connectivity index (χ1) is 12.5. The third kappa shape index (κ3) is 4.06. The first kappa shape index (κ1) is 18.4. The number of carbonyl (C=O) groups is 1. The van der Waals surface area contributed by atoms with Crippen molar-refractivity contribution in [1.82, 2.24) is 9.88 Å². The van der Waals surface area contributed by atoms with Crippen LogP contribution in [0.15, 0.2) is 36.5 Å². The van der Waals surface area contributed by atoms with Gasteiger partial charge in [0.05, 0.1) is 11.9 Å². The number of aryl methyl sites for hydroxylation is 1. The van der Waals surface area contributed by atoms with Crippen molar-refractivity contribution in [2.24, 2.45) is 5.92 Å². The second-order valence-corrected chi connectivity index (χ2v) is 7.73. The summed E-state index contributed by atoms with van der Waals surface area (Å²) in [6.45, 7) is 10.4. The molecule has 1 N–H and O–H groups in total. The van der Waals surface area contributed by atoms with Gasteiger partial charge in [-0.15, -0.1) is 0 Å². The van der Waals surface area contributed by atoms with Crippen LogP contribution in [0.3, 0.4) is 0 Å². The summed E-state index contributed by atoms with van der Waals surface area (Å²) in [6, 6.07) is 10.1. The molecule has 1 aliphatic rings. The third-order valence-electron chi connectivity index (χ3n) is 5.25. The van der Waals surface area contributed by atoms with Crippen LogP contribution in [0.2, 0.25) is 0 Å². The van der Waals surface area contributed by atoms with E-state index >= 15 is 0 Å². The average Bonchev–Trinajstić information content (AvgIpc) is 2.64. The first-order valence-corrected chi connectivity index (χ1v) is 9.57. The number of carbonyl (C=O) groups excluding carboxylic acids is 1. The minimum atomic E-state index is 0.0437. The van der Waals surface area contributed by atoms with Crippen molar-refractivity contribution in [3.05, 3.63) is 53.3 Å². The zero-order chi connectivity index (χ0) is 18.7. The fourth-order valence-corrected chi connectivity index (χ4v) is 3.45. The molecular formula is C22H29N3O. The molecule has 1 aromatic carbocycles. The van der Waals surface area contributed by atoms with E-state index in [4.69, 9.17) is 0 Å². The normalized spacial score (nSPS) is 15.3. The van der Waals surface area contributed by atoms with Crippen LogP contribution < -0.4 is 5.32 Å². The highest BCUT2D eigenvalue weighted by atomic mass is 16.2. The Hall–Kier alpha value is -2.36. The summed E-state index contributed by atoms with van der Waals surface area (Å²) in [5.74, 6) is 1.19. The number of amides is 1. The third-order valence-corrected chi connectivity index (χ3v) is 5.25. The number of rotatable bonds is 4. The Morgan fingerprint density at radius 1 is 1.19 bits per heavy atom. The van der Waals surface area contributed by atoms with E-state index in [1.807, 2.05) is 17.0 Å². The van der Waals surface area contributed by atoms with Crippen molar-refractivity contribution in [1.29, 1.82) is 0 Å². The second-order valence-electron chi connectivity index (χ2n) is 7.73. The smallest absolute Gasteiger partial charge is 0.272 e. The highest BCUT2D eigenvalue weighted by Gasteiger charge is 2.22. The molecular weight excluding hydrogens is 322 g/mol. The summed E-state index contributed by atoms with van der Waals surface area (Å²) in [5, 5.41) is 3.49. The van der Waals surface area contributed by atoms with Gasteiger partial charge in [0.15, 0.2) is 0 Å². The number of piperidine rings is 1. The number of anilines is 2. The van der Waals surface area contributed by atoms with Crippen LogP contribution >= 0.6 is 0 Å². The fraction of sp³-hybridized carbons (Fsp3) is 0.455. The summed E-state index contributed by atoms with van der Waals surface area (Å²) in [6.07, 6.45) is 3.92. The van der Waals surface area contributed by atoms with E-state index in [0.717, 1.165) is 37.3 Å². The Kier molecular flexibility index (Phi) is 5.60. The maximum atomic E-state index is 12.6. The number of benzene rings is 1. The molecule has 0 radical (unpaired) electrons. The van der Waals surface area contributed by atoms with Gasteiger partial charge in [-0.1, -0.05) is 39.0 Å². The van der Waals surface area contributed by atoms with Gasteiger partial charge in [0.2, 0.25) is 0 Å². The Balaban J connectivity index is 1.74. The van der Waals surface area contributed by atoms with Crippen molar-refractivity contribution in [3.8, 4) is 0 Å². The molecule has 3 rings (SSSR count).